The van der Waals surface area contributed by atoms with Gasteiger partial charge in [0.1, 0.15) is 0 Å². The van der Waals surface area contributed by atoms with Gasteiger partial charge in [0.15, 0.2) is 11.6 Å². The quantitative estimate of drug-likeness (QED) is 0.798. The fourth-order valence-electron chi connectivity index (χ4n) is 2.44. The van der Waals surface area contributed by atoms with Crippen LogP contribution in [0.25, 0.3) is 6.08 Å². The molecule has 0 unspecified atom stereocenters. The summed E-state index contributed by atoms with van der Waals surface area (Å²) in [7, 11) is 0. The second-order valence-corrected chi connectivity index (χ2v) is 6.08. The summed E-state index contributed by atoms with van der Waals surface area (Å²) in [4.78, 5) is 10.7. The van der Waals surface area contributed by atoms with Crippen LogP contribution in [0, 0.1) is 11.6 Å². The number of aromatic nitrogens is 2. The molecule has 1 saturated heterocycles. The molecular formula is C16H14BrF2N3. The molecule has 3 rings (SSSR count). The molecule has 1 aliphatic heterocycles. The Morgan fingerprint density at radius 1 is 1.05 bits per heavy atom. The molecule has 0 radical (unpaired) electrons. The Labute approximate surface area is 135 Å². The van der Waals surface area contributed by atoms with E-state index in [9.17, 15) is 8.78 Å². The van der Waals surface area contributed by atoms with Crippen LogP contribution in [0.2, 0.25) is 0 Å². The molecule has 6 heteroatoms. The van der Waals surface area contributed by atoms with Crippen molar-refractivity contribution in [1.29, 1.82) is 0 Å². The molecule has 3 nitrogen and oxygen atoms in total. The van der Waals surface area contributed by atoms with E-state index in [2.05, 4.69) is 30.8 Å². The molecular weight excluding hydrogens is 352 g/mol. The second kappa shape index (κ2) is 6.52. The SMILES string of the molecule is Fc1ccc(C=C2CCN(c3ncc(Br)cn3)CC2)cc1F. The van der Waals surface area contributed by atoms with Crippen molar-refractivity contribution in [3.8, 4) is 0 Å². The summed E-state index contributed by atoms with van der Waals surface area (Å²) in [6, 6.07) is 3.98. The standard InChI is InChI=1S/C16H14BrF2N3/c17-13-9-20-16(21-10-13)22-5-3-11(4-6-22)7-12-1-2-14(18)15(19)8-12/h1-2,7-10H,3-6H2. The van der Waals surface area contributed by atoms with Crippen molar-refractivity contribution >= 4 is 28.0 Å². The van der Waals surface area contributed by atoms with Gasteiger partial charge >= 0.3 is 0 Å². The summed E-state index contributed by atoms with van der Waals surface area (Å²) in [5.74, 6) is -0.908. The highest BCUT2D eigenvalue weighted by molar-refractivity contribution is 9.10. The number of hydrogen-bond donors (Lipinski definition) is 0. The first-order chi connectivity index (χ1) is 10.6. The molecule has 0 atom stereocenters. The summed E-state index contributed by atoms with van der Waals surface area (Å²) in [5.41, 5.74) is 1.92. The van der Waals surface area contributed by atoms with Crippen LogP contribution in [0.15, 0.2) is 40.6 Å². The molecule has 2 aromatic rings. The molecule has 1 aliphatic rings. The highest BCUT2D eigenvalue weighted by atomic mass is 79.9. The molecule has 1 aromatic carbocycles. The first kappa shape index (κ1) is 15.1. The number of benzene rings is 1. The molecule has 0 spiro atoms. The predicted octanol–water partition coefficient (Wildman–Crippen LogP) is 4.20. The molecule has 0 N–H and O–H groups in total. The molecule has 114 valence electrons. The Morgan fingerprint density at radius 3 is 2.36 bits per heavy atom. The maximum absolute atomic E-state index is 13.2. The smallest absolute Gasteiger partial charge is 0.225 e. The largest absolute Gasteiger partial charge is 0.340 e. The van der Waals surface area contributed by atoms with E-state index >= 15 is 0 Å². The zero-order chi connectivity index (χ0) is 15.5. The van der Waals surface area contributed by atoms with Crippen LogP contribution in [0.4, 0.5) is 14.7 Å². The number of halogens is 3. The van der Waals surface area contributed by atoms with Gasteiger partial charge in [-0.3, -0.25) is 0 Å². The van der Waals surface area contributed by atoms with Crippen LogP contribution >= 0.6 is 15.9 Å². The van der Waals surface area contributed by atoms with Gasteiger partial charge in [0.05, 0.1) is 4.47 Å². The van der Waals surface area contributed by atoms with Crippen LogP contribution in [-0.4, -0.2) is 23.1 Å². The first-order valence-corrected chi connectivity index (χ1v) is 7.78. The van der Waals surface area contributed by atoms with Crippen molar-refractivity contribution in [3.05, 3.63) is 57.8 Å². The summed E-state index contributed by atoms with van der Waals surface area (Å²) in [6.07, 6.45) is 7.11. The van der Waals surface area contributed by atoms with Gasteiger partial charge in [0, 0.05) is 25.5 Å². The zero-order valence-corrected chi connectivity index (χ0v) is 13.4. The average Bonchev–Trinajstić information content (AvgIpc) is 2.53. The molecule has 2 heterocycles. The number of rotatable bonds is 2. The lowest BCUT2D eigenvalue weighted by Gasteiger charge is -2.28. The third-order valence-corrected chi connectivity index (χ3v) is 4.02. The van der Waals surface area contributed by atoms with Crippen molar-refractivity contribution in [2.45, 2.75) is 12.8 Å². The van der Waals surface area contributed by atoms with Crippen LogP contribution in [0.1, 0.15) is 18.4 Å². The van der Waals surface area contributed by atoms with Crippen LogP contribution < -0.4 is 4.90 Å². The van der Waals surface area contributed by atoms with E-state index in [1.807, 2.05) is 6.08 Å². The number of hydrogen-bond acceptors (Lipinski definition) is 3. The third kappa shape index (κ3) is 3.50. The van der Waals surface area contributed by atoms with E-state index in [1.54, 1.807) is 18.5 Å². The van der Waals surface area contributed by atoms with Crippen LogP contribution in [0.3, 0.4) is 0 Å². The predicted molar refractivity (Wildman–Crippen MR) is 85.5 cm³/mol. The Morgan fingerprint density at radius 2 is 1.73 bits per heavy atom. The Balaban J connectivity index is 1.67. The van der Waals surface area contributed by atoms with Gasteiger partial charge in [0.2, 0.25) is 5.95 Å². The third-order valence-electron chi connectivity index (χ3n) is 3.61. The second-order valence-electron chi connectivity index (χ2n) is 5.16. The summed E-state index contributed by atoms with van der Waals surface area (Å²) >= 11 is 3.32. The molecule has 0 amide bonds. The van der Waals surface area contributed by atoms with Crippen LogP contribution in [-0.2, 0) is 0 Å². The fraction of sp³-hybridized carbons (Fsp3) is 0.250. The average molecular weight is 366 g/mol. The van der Waals surface area contributed by atoms with Gasteiger partial charge in [-0.2, -0.15) is 0 Å². The van der Waals surface area contributed by atoms with Gasteiger partial charge in [-0.1, -0.05) is 17.7 Å². The van der Waals surface area contributed by atoms with Crippen molar-refractivity contribution in [3.63, 3.8) is 0 Å². The van der Waals surface area contributed by atoms with Gasteiger partial charge in [-0.15, -0.1) is 0 Å². The molecule has 1 fully saturated rings. The minimum Gasteiger partial charge on any atom is -0.340 e. The van der Waals surface area contributed by atoms with E-state index in [0.29, 0.717) is 5.56 Å². The van der Waals surface area contributed by atoms with E-state index < -0.39 is 11.6 Å². The van der Waals surface area contributed by atoms with Gasteiger partial charge in [-0.25, -0.2) is 18.7 Å². The highest BCUT2D eigenvalue weighted by Gasteiger charge is 2.16. The summed E-state index contributed by atoms with van der Waals surface area (Å²) in [5, 5.41) is 0. The monoisotopic (exact) mass is 365 g/mol. The van der Waals surface area contributed by atoms with E-state index in [0.717, 1.165) is 42.4 Å². The lowest BCUT2D eigenvalue weighted by Crippen LogP contribution is -2.31. The van der Waals surface area contributed by atoms with Gasteiger partial charge in [-0.05, 0) is 46.5 Å². The lowest BCUT2D eigenvalue weighted by atomic mass is 10.0. The summed E-state index contributed by atoms with van der Waals surface area (Å²) in [6.45, 7) is 1.63. The van der Waals surface area contributed by atoms with E-state index in [1.165, 1.54) is 11.6 Å². The minimum absolute atomic E-state index is 0.697. The first-order valence-electron chi connectivity index (χ1n) is 6.99. The van der Waals surface area contributed by atoms with Gasteiger partial charge in [0.25, 0.3) is 0 Å². The van der Waals surface area contributed by atoms with Gasteiger partial charge < -0.3 is 4.90 Å². The van der Waals surface area contributed by atoms with Crippen molar-refractivity contribution in [1.82, 2.24) is 9.97 Å². The molecule has 0 saturated carbocycles. The normalized spacial score (nSPS) is 15.0. The Bertz CT molecular complexity index is 691. The number of anilines is 1. The van der Waals surface area contributed by atoms with Crippen molar-refractivity contribution < 1.29 is 8.78 Å². The minimum atomic E-state index is -0.815. The van der Waals surface area contributed by atoms with Crippen molar-refractivity contribution in [2.24, 2.45) is 0 Å². The molecule has 1 aromatic heterocycles. The van der Waals surface area contributed by atoms with Crippen LogP contribution in [0.5, 0.6) is 0 Å². The maximum Gasteiger partial charge on any atom is 0.225 e. The fourth-order valence-corrected chi connectivity index (χ4v) is 2.65. The Kier molecular flexibility index (Phi) is 4.47. The molecule has 22 heavy (non-hydrogen) atoms. The van der Waals surface area contributed by atoms with E-state index in [-0.39, 0.29) is 0 Å². The van der Waals surface area contributed by atoms with Crippen molar-refractivity contribution in [2.75, 3.05) is 18.0 Å². The molecule has 0 aliphatic carbocycles. The van der Waals surface area contributed by atoms with E-state index in [4.69, 9.17) is 0 Å². The number of piperidine rings is 1. The Hall–Kier alpha value is -1.82. The summed E-state index contributed by atoms with van der Waals surface area (Å²) < 4.78 is 27.0. The maximum atomic E-state index is 13.2. The highest BCUT2D eigenvalue weighted by Crippen LogP contribution is 2.23. The topological polar surface area (TPSA) is 29.0 Å². The zero-order valence-electron chi connectivity index (χ0n) is 11.8. The lowest BCUT2D eigenvalue weighted by molar-refractivity contribution is 0.508. The number of nitrogens with zero attached hydrogens (tertiary/aromatic N) is 3. The molecule has 0 bridgehead atoms.